The standard InChI is InChI=1S/C38H39N3O3/c1-25-39-36(41-35(30-11-7-5-8-12-30)31-13-9-6-10-14-31)32-24-33(38(2,3)44-37(32)40-25)29-21-19-28(20-22-29)27-17-15-26(16-18-27)23-34(42)43-4/h5-14,19-22,24,26-27H,15-18,23H2,1-4H3/t26-,27-. The summed E-state index contributed by atoms with van der Waals surface area (Å²) in [6.07, 6.45) is 6.98. The van der Waals surface area contributed by atoms with Crippen LogP contribution in [0.25, 0.3) is 11.6 Å². The molecule has 0 atom stereocenters. The van der Waals surface area contributed by atoms with E-state index >= 15 is 0 Å². The minimum Gasteiger partial charge on any atom is -0.469 e. The lowest BCUT2D eigenvalue weighted by atomic mass is 9.77. The van der Waals surface area contributed by atoms with Crippen molar-refractivity contribution in [2.45, 2.75) is 64.4 Å². The molecule has 0 amide bonds. The lowest BCUT2D eigenvalue weighted by Gasteiger charge is -2.34. The lowest BCUT2D eigenvalue weighted by molar-refractivity contribution is -0.142. The van der Waals surface area contributed by atoms with Gasteiger partial charge in [-0.05, 0) is 75.5 Å². The molecule has 2 aliphatic rings. The molecule has 44 heavy (non-hydrogen) atoms. The van der Waals surface area contributed by atoms with Crippen molar-refractivity contribution in [3.8, 4) is 5.88 Å². The number of esters is 1. The Labute approximate surface area is 259 Å². The summed E-state index contributed by atoms with van der Waals surface area (Å²) in [6, 6.07) is 29.3. The van der Waals surface area contributed by atoms with Gasteiger partial charge in [0.05, 0.1) is 18.4 Å². The van der Waals surface area contributed by atoms with Gasteiger partial charge >= 0.3 is 5.97 Å². The quantitative estimate of drug-likeness (QED) is 0.161. The summed E-state index contributed by atoms with van der Waals surface area (Å²) >= 11 is 0. The minimum absolute atomic E-state index is 0.101. The molecule has 1 aromatic heterocycles. The zero-order chi connectivity index (χ0) is 30.7. The molecule has 224 valence electrons. The van der Waals surface area contributed by atoms with Crippen LogP contribution in [0.4, 0.5) is 5.82 Å². The van der Waals surface area contributed by atoms with Crippen molar-refractivity contribution >= 4 is 29.1 Å². The average molecular weight is 586 g/mol. The third-order valence-electron chi connectivity index (χ3n) is 8.83. The Morgan fingerprint density at radius 3 is 2.09 bits per heavy atom. The fraction of sp³-hybridized carbons (Fsp3) is 0.316. The summed E-state index contributed by atoms with van der Waals surface area (Å²) in [5.74, 6) is 2.58. The topological polar surface area (TPSA) is 73.7 Å². The molecule has 0 bridgehead atoms. The SMILES string of the molecule is COC(=O)C[C@H]1CC[C@H](c2ccc(C3=Cc4c(N=C(c5ccccc5)c5ccccc5)nc(C)nc4OC3(C)C)cc2)CC1. The number of ether oxygens (including phenoxy) is 2. The maximum Gasteiger partial charge on any atom is 0.305 e. The Morgan fingerprint density at radius 2 is 1.50 bits per heavy atom. The first-order chi connectivity index (χ1) is 21.3. The van der Waals surface area contributed by atoms with Gasteiger partial charge in [-0.15, -0.1) is 0 Å². The molecule has 0 unspecified atom stereocenters. The molecule has 1 aliphatic heterocycles. The Hall–Kier alpha value is -4.58. The third kappa shape index (κ3) is 6.35. The number of aliphatic imine (C=N–C) groups is 1. The summed E-state index contributed by atoms with van der Waals surface area (Å²) in [7, 11) is 1.47. The molecule has 0 N–H and O–H groups in total. The number of carbonyl (C=O) groups is 1. The summed E-state index contributed by atoms with van der Waals surface area (Å²) in [6.45, 7) is 6.04. The Bertz CT molecular complexity index is 1640. The monoisotopic (exact) mass is 585 g/mol. The molecule has 1 aliphatic carbocycles. The zero-order valence-corrected chi connectivity index (χ0v) is 25.9. The van der Waals surface area contributed by atoms with Crippen LogP contribution >= 0.6 is 0 Å². The van der Waals surface area contributed by atoms with Gasteiger partial charge in [0.1, 0.15) is 11.4 Å². The van der Waals surface area contributed by atoms with Crippen molar-refractivity contribution in [2.24, 2.45) is 10.9 Å². The van der Waals surface area contributed by atoms with Crippen molar-refractivity contribution in [3.63, 3.8) is 0 Å². The number of aromatic nitrogens is 2. The van der Waals surface area contributed by atoms with Crippen LogP contribution in [-0.2, 0) is 9.53 Å². The highest BCUT2D eigenvalue weighted by Gasteiger charge is 2.34. The van der Waals surface area contributed by atoms with Gasteiger partial charge < -0.3 is 9.47 Å². The summed E-state index contributed by atoms with van der Waals surface area (Å²) in [4.78, 5) is 26.4. The van der Waals surface area contributed by atoms with E-state index in [0.717, 1.165) is 59.2 Å². The van der Waals surface area contributed by atoms with Crippen LogP contribution in [0.1, 0.15) is 85.5 Å². The second kappa shape index (κ2) is 12.6. The molecule has 6 nitrogen and oxygen atoms in total. The predicted octanol–water partition coefficient (Wildman–Crippen LogP) is 8.50. The van der Waals surface area contributed by atoms with Crippen molar-refractivity contribution in [1.29, 1.82) is 0 Å². The fourth-order valence-corrected chi connectivity index (χ4v) is 6.42. The van der Waals surface area contributed by atoms with Gasteiger partial charge in [0.15, 0.2) is 5.82 Å². The van der Waals surface area contributed by atoms with E-state index in [-0.39, 0.29) is 5.97 Å². The predicted molar refractivity (Wildman–Crippen MR) is 175 cm³/mol. The second-order valence-corrected chi connectivity index (χ2v) is 12.3. The molecule has 6 heteroatoms. The van der Waals surface area contributed by atoms with Crippen LogP contribution in [0.5, 0.6) is 5.88 Å². The number of nitrogens with zero attached hydrogens (tertiary/aromatic N) is 3. The number of rotatable bonds is 7. The number of benzene rings is 3. The number of aryl methyl sites for hydroxylation is 1. The van der Waals surface area contributed by atoms with Crippen LogP contribution < -0.4 is 4.74 Å². The van der Waals surface area contributed by atoms with E-state index in [1.807, 2.05) is 43.3 Å². The van der Waals surface area contributed by atoms with Crippen LogP contribution in [0.2, 0.25) is 0 Å². The second-order valence-electron chi connectivity index (χ2n) is 12.3. The molecule has 1 fully saturated rings. The lowest BCUT2D eigenvalue weighted by Crippen LogP contribution is -2.33. The summed E-state index contributed by atoms with van der Waals surface area (Å²) < 4.78 is 11.5. The number of hydrogen-bond donors (Lipinski definition) is 0. The number of methoxy groups -OCH3 is 1. The molecule has 0 saturated heterocycles. The van der Waals surface area contributed by atoms with Gasteiger partial charge in [0, 0.05) is 23.1 Å². The molecular formula is C38H39N3O3. The van der Waals surface area contributed by atoms with Crippen molar-refractivity contribution in [3.05, 3.63) is 119 Å². The first-order valence-corrected chi connectivity index (χ1v) is 15.5. The van der Waals surface area contributed by atoms with E-state index in [1.54, 1.807) is 0 Å². The normalized spacial score (nSPS) is 18.8. The third-order valence-corrected chi connectivity index (χ3v) is 8.83. The van der Waals surface area contributed by atoms with Crippen LogP contribution in [-0.4, -0.2) is 34.4 Å². The van der Waals surface area contributed by atoms with Gasteiger partial charge in [-0.3, -0.25) is 4.79 Å². The molecule has 1 saturated carbocycles. The Morgan fingerprint density at radius 1 is 0.886 bits per heavy atom. The number of fused-ring (bicyclic) bond motifs is 1. The van der Waals surface area contributed by atoms with Crippen LogP contribution in [0, 0.1) is 12.8 Å². The molecule has 2 heterocycles. The van der Waals surface area contributed by atoms with E-state index < -0.39 is 5.60 Å². The number of hydrogen-bond acceptors (Lipinski definition) is 6. The first kappa shape index (κ1) is 29.5. The molecule has 4 aromatic rings. The molecule has 3 aromatic carbocycles. The Balaban J connectivity index is 1.34. The maximum absolute atomic E-state index is 11.7. The highest BCUT2D eigenvalue weighted by molar-refractivity contribution is 6.14. The highest BCUT2D eigenvalue weighted by Crippen LogP contribution is 2.43. The summed E-state index contributed by atoms with van der Waals surface area (Å²) in [5.41, 5.74) is 6.57. The largest absolute Gasteiger partial charge is 0.469 e. The van der Waals surface area contributed by atoms with Gasteiger partial charge in [0.25, 0.3) is 0 Å². The van der Waals surface area contributed by atoms with Crippen LogP contribution in [0.3, 0.4) is 0 Å². The number of carbonyl (C=O) groups excluding carboxylic acids is 1. The summed E-state index contributed by atoms with van der Waals surface area (Å²) in [5, 5.41) is 0. The molecule has 6 rings (SSSR count). The smallest absolute Gasteiger partial charge is 0.305 e. The maximum atomic E-state index is 11.7. The Kier molecular flexibility index (Phi) is 8.42. The van der Waals surface area contributed by atoms with Crippen molar-refractivity contribution in [2.75, 3.05) is 7.11 Å². The zero-order valence-electron chi connectivity index (χ0n) is 25.9. The first-order valence-electron chi connectivity index (χ1n) is 15.5. The minimum atomic E-state index is -0.593. The molecule has 0 spiro atoms. The average Bonchev–Trinajstić information content (AvgIpc) is 3.04. The van der Waals surface area contributed by atoms with Crippen molar-refractivity contribution in [1.82, 2.24) is 9.97 Å². The molecule has 0 radical (unpaired) electrons. The fourth-order valence-electron chi connectivity index (χ4n) is 6.42. The van der Waals surface area contributed by atoms with E-state index in [1.165, 1.54) is 12.7 Å². The highest BCUT2D eigenvalue weighted by atomic mass is 16.5. The van der Waals surface area contributed by atoms with E-state index in [4.69, 9.17) is 19.5 Å². The van der Waals surface area contributed by atoms with E-state index in [0.29, 0.717) is 35.8 Å². The van der Waals surface area contributed by atoms with Gasteiger partial charge in [-0.2, -0.15) is 4.98 Å². The van der Waals surface area contributed by atoms with Gasteiger partial charge in [0.2, 0.25) is 5.88 Å². The molecular weight excluding hydrogens is 546 g/mol. The van der Waals surface area contributed by atoms with Crippen molar-refractivity contribution < 1.29 is 14.3 Å². The van der Waals surface area contributed by atoms with Gasteiger partial charge in [-0.1, -0.05) is 84.9 Å². The van der Waals surface area contributed by atoms with Crippen LogP contribution in [0.15, 0.2) is 89.9 Å². The van der Waals surface area contributed by atoms with Gasteiger partial charge in [-0.25, -0.2) is 9.98 Å². The van der Waals surface area contributed by atoms with E-state index in [2.05, 4.69) is 73.4 Å². The van der Waals surface area contributed by atoms with E-state index in [9.17, 15) is 4.79 Å².